The van der Waals surface area contributed by atoms with Gasteiger partial charge in [0.05, 0.1) is 6.10 Å². The van der Waals surface area contributed by atoms with Crippen LogP contribution in [0.5, 0.6) is 0 Å². The van der Waals surface area contributed by atoms with Gasteiger partial charge in [0.2, 0.25) is 0 Å². The number of nitrogens with zero attached hydrogens (tertiary/aromatic N) is 1. The summed E-state index contributed by atoms with van der Waals surface area (Å²) in [6, 6.07) is -2.39. The zero-order valence-electron chi connectivity index (χ0n) is 9.78. The number of carboxylic acid groups (broad SMARTS) is 1. The first kappa shape index (κ1) is 13.9. The fraction of sp³-hybridized carbons (Fsp3) is 0.800. The van der Waals surface area contributed by atoms with Crippen molar-refractivity contribution in [1.82, 2.24) is 10.2 Å². The highest BCUT2D eigenvalue weighted by molar-refractivity contribution is 5.84. The van der Waals surface area contributed by atoms with Gasteiger partial charge in [-0.1, -0.05) is 0 Å². The Kier molecular flexibility index (Phi) is 3.12. The zero-order valence-corrected chi connectivity index (χ0v) is 9.78. The Labute approximate surface area is 106 Å². The lowest BCUT2D eigenvalue weighted by Gasteiger charge is -2.26. The monoisotopic (exact) mass is 282 g/mol. The maximum absolute atomic E-state index is 12.7. The van der Waals surface area contributed by atoms with Crippen molar-refractivity contribution in [2.24, 2.45) is 0 Å². The van der Waals surface area contributed by atoms with E-state index in [2.05, 4.69) is 0 Å². The number of carbonyl (C=O) groups is 2. The SMILES string of the molecule is O=C(O)[C@@H]1C[C@@H](O)CN1C(=O)NC1(C(F)(F)F)CC1. The molecule has 108 valence electrons. The lowest BCUT2D eigenvalue weighted by Crippen LogP contribution is -2.54. The van der Waals surface area contributed by atoms with Crippen molar-refractivity contribution in [3.8, 4) is 0 Å². The molecule has 2 fully saturated rings. The van der Waals surface area contributed by atoms with E-state index < -0.39 is 35.9 Å². The molecule has 1 heterocycles. The van der Waals surface area contributed by atoms with E-state index in [1.807, 2.05) is 5.32 Å². The molecule has 19 heavy (non-hydrogen) atoms. The van der Waals surface area contributed by atoms with Gasteiger partial charge in [0.1, 0.15) is 11.6 Å². The second-order valence-electron chi connectivity index (χ2n) is 4.91. The summed E-state index contributed by atoms with van der Waals surface area (Å²) in [6.45, 7) is -0.281. The van der Waals surface area contributed by atoms with Gasteiger partial charge < -0.3 is 20.4 Å². The molecule has 0 aromatic carbocycles. The number of aliphatic hydroxyl groups is 1. The van der Waals surface area contributed by atoms with Gasteiger partial charge in [-0.15, -0.1) is 0 Å². The smallest absolute Gasteiger partial charge is 0.411 e. The number of carboxylic acids is 1. The third-order valence-corrected chi connectivity index (χ3v) is 3.46. The molecule has 0 spiro atoms. The van der Waals surface area contributed by atoms with E-state index in [-0.39, 0.29) is 25.8 Å². The van der Waals surface area contributed by atoms with Crippen molar-refractivity contribution in [2.45, 2.75) is 43.1 Å². The molecular weight excluding hydrogens is 269 g/mol. The van der Waals surface area contributed by atoms with Gasteiger partial charge in [-0.25, -0.2) is 9.59 Å². The van der Waals surface area contributed by atoms with Crippen molar-refractivity contribution >= 4 is 12.0 Å². The number of halogens is 3. The number of carbonyl (C=O) groups excluding carboxylic acids is 1. The molecule has 6 nitrogen and oxygen atoms in total. The molecule has 0 unspecified atom stereocenters. The lowest BCUT2D eigenvalue weighted by molar-refractivity contribution is -0.163. The Morgan fingerprint density at radius 3 is 2.32 bits per heavy atom. The third kappa shape index (κ3) is 2.46. The molecule has 9 heteroatoms. The molecule has 0 aromatic rings. The molecule has 1 saturated carbocycles. The predicted molar refractivity (Wildman–Crippen MR) is 55.3 cm³/mol. The Balaban J connectivity index is 2.06. The summed E-state index contributed by atoms with van der Waals surface area (Å²) in [5, 5.41) is 20.0. The zero-order chi connectivity index (χ0) is 14.4. The maximum atomic E-state index is 12.7. The van der Waals surface area contributed by atoms with Crippen LogP contribution < -0.4 is 5.32 Å². The Bertz CT molecular complexity index is 408. The molecule has 2 aliphatic rings. The number of alkyl halides is 3. The van der Waals surface area contributed by atoms with E-state index in [9.17, 15) is 27.9 Å². The normalized spacial score (nSPS) is 29.2. The van der Waals surface area contributed by atoms with Crippen LogP contribution in [0.3, 0.4) is 0 Å². The van der Waals surface area contributed by atoms with Crippen LogP contribution in [0, 0.1) is 0 Å². The number of β-amino-alcohol motifs (C(OH)–C–C–N with tert-alkyl or cyclic N) is 1. The largest absolute Gasteiger partial charge is 0.480 e. The van der Waals surface area contributed by atoms with E-state index >= 15 is 0 Å². The van der Waals surface area contributed by atoms with Gasteiger partial charge in [-0.05, 0) is 12.8 Å². The average molecular weight is 282 g/mol. The number of likely N-dealkylation sites (tertiary alicyclic amines) is 1. The summed E-state index contributed by atoms with van der Waals surface area (Å²) >= 11 is 0. The molecule has 0 radical (unpaired) electrons. The Morgan fingerprint density at radius 1 is 1.32 bits per heavy atom. The number of urea groups is 1. The fourth-order valence-electron chi connectivity index (χ4n) is 2.15. The van der Waals surface area contributed by atoms with Crippen LogP contribution in [0.2, 0.25) is 0 Å². The number of hydrogen-bond acceptors (Lipinski definition) is 3. The number of aliphatic hydroxyl groups excluding tert-OH is 1. The standard InChI is InChI=1S/C10H13F3N2O4/c11-10(12,13)9(1-2-9)14-8(19)15-4-5(16)3-6(15)7(17)18/h5-6,16H,1-4H2,(H,14,19)(H,17,18)/t5-,6+/m1/s1. The molecule has 0 bridgehead atoms. The van der Waals surface area contributed by atoms with E-state index in [0.29, 0.717) is 0 Å². The van der Waals surface area contributed by atoms with Gasteiger partial charge in [-0.3, -0.25) is 0 Å². The van der Waals surface area contributed by atoms with Crippen molar-refractivity contribution in [3.05, 3.63) is 0 Å². The van der Waals surface area contributed by atoms with Crippen LogP contribution >= 0.6 is 0 Å². The van der Waals surface area contributed by atoms with E-state index in [1.165, 1.54) is 0 Å². The topological polar surface area (TPSA) is 89.9 Å². The first-order valence-corrected chi connectivity index (χ1v) is 5.73. The van der Waals surface area contributed by atoms with Crippen molar-refractivity contribution < 1.29 is 33.0 Å². The number of aliphatic carboxylic acids is 1. The highest BCUT2D eigenvalue weighted by Gasteiger charge is 2.65. The minimum Gasteiger partial charge on any atom is -0.480 e. The maximum Gasteiger partial charge on any atom is 0.411 e. The van der Waals surface area contributed by atoms with Crippen molar-refractivity contribution in [3.63, 3.8) is 0 Å². The lowest BCUT2D eigenvalue weighted by atomic mass is 10.2. The molecule has 3 N–H and O–H groups in total. The summed E-state index contributed by atoms with van der Waals surface area (Å²) in [7, 11) is 0. The highest BCUT2D eigenvalue weighted by Crippen LogP contribution is 2.49. The summed E-state index contributed by atoms with van der Waals surface area (Å²) < 4.78 is 38.0. The molecule has 0 aromatic heterocycles. The minimum atomic E-state index is -4.56. The Morgan fingerprint density at radius 2 is 1.89 bits per heavy atom. The second-order valence-corrected chi connectivity index (χ2v) is 4.91. The fourth-order valence-corrected chi connectivity index (χ4v) is 2.15. The van der Waals surface area contributed by atoms with Crippen LogP contribution in [-0.2, 0) is 4.79 Å². The third-order valence-electron chi connectivity index (χ3n) is 3.46. The summed E-state index contributed by atoms with van der Waals surface area (Å²) in [5.41, 5.74) is -2.24. The second kappa shape index (κ2) is 4.26. The quantitative estimate of drug-likeness (QED) is 0.680. The van der Waals surface area contributed by atoms with Gasteiger partial charge in [-0.2, -0.15) is 13.2 Å². The van der Waals surface area contributed by atoms with Crippen molar-refractivity contribution in [1.29, 1.82) is 0 Å². The first-order chi connectivity index (χ1) is 8.66. The van der Waals surface area contributed by atoms with Crippen LogP contribution in [0.4, 0.5) is 18.0 Å². The van der Waals surface area contributed by atoms with Gasteiger partial charge in [0.25, 0.3) is 0 Å². The summed E-state index contributed by atoms with van der Waals surface area (Å²) in [4.78, 5) is 23.4. The first-order valence-electron chi connectivity index (χ1n) is 5.73. The molecule has 2 rings (SSSR count). The molecule has 2 amide bonds. The highest BCUT2D eigenvalue weighted by atomic mass is 19.4. The summed E-state index contributed by atoms with van der Waals surface area (Å²) in [6.07, 6.45) is -6.19. The molecule has 1 saturated heterocycles. The van der Waals surface area contributed by atoms with Gasteiger partial charge in [0, 0.05) is 13.0 Å². The number of rotatable bonds is 2. The Hall–Kier alpha value is -1.51. The van der Waals surface area contributed by atoms with Crippen molar-refractivity contribution in [2.75, 3.05) is 6.54 Å². The van der Waals surface area contributed by atoms with Gasteiger partial charge >= 0.3 is 18.2 Å². The van der Waals surface area contributed by atoms with Crippen LogP contribution in [-0.4, -0.2) is 57.5 Å². The number of hydrogen-bond donors (Lipinski definition) is 3. The van der Waals surface area contributed by atoms with E-state index in [4.69, 9.17) is 5.11 Å². The van der Waals surface area contributed by atoms with Crippen LogP contribution in [0.1, 0.15) is 19.3 Å². The van der Waals surface area contributed by atoms with Crippen LogP contribution in [0.15, 0.2) is 0 Å². The predicted octanol–water partition coefficient (Wildman–Crippen LogP) is 0.311. The number of amides is 2. The number of nitrogens with one attached hydrogen (secondary N) is 1. The average Bonchev–Trinajstić information content (AvgIpc) is 2.93. The van der Waals surface area contributed by atoms with E-state index in [1.54, 1.807) is 0 Å². The van der Waals surface area contributed by atoms with Crippen LogP contribution in [0.25, 0.3) is 0 Å². The summed E-state index contributed by atoms with van der Waals surface area (Å²) in [5.74, 6) is -1.34. The molecular formula is C10H13F3N2O4. The molecule has 1 aliphatic carbocycles. The minimum absolute atomic E-state index is 0.179. The van der Waals surface area contributed by atoms with E-state index in [0.717, 1.165) is 4.90 Å². The van der Waals surface area contributed by atoms with Gasteiger partial charge in [0.15, 0.2) is 0 Å². The molecule has 1 aliphatic heterocycles. The molecule has 2 atom stereocenters.